The molecule has 0 fully saturated rings. The topological polar surface area (TPSA) is 30.7 Å². The number of rotatable bonds is 4. The zero-order valence-corrected chi connectivity index (χ0v) is 12.8. The van der Waals surface area contributed by atoms with Crippen molar-refractivity contribution >= 4 is 11.0 Å². The summed E-state index contributed by atoms with van der Waals surface area (Å²) in [5.41, 5.74) is 4.65. The standard InChI is InChI=1S/C20H17N3/c1-2-6-16(7-3-1)12-15-23-19-9-5-4-8-18(19)22-20(23)17-10-13-21-14-11-17/h1-11,13-14H,12,15H2. The van der Waals surface area contributed by atoms with Crippen molar-refractivity contribution in [1.82, 2.24) is 14.5 Å². The Balaban J connectivity index is 1.77. The molecule has 0 saturated heterocycles. The summed E-state index contributed by atoms with van der Waals surface area (Å²) in [6.45, 7) is 0.905. The average molecular weight is 299 g/mol. The van der Waals surface area contributed by atoms with Crippen molar-refractivity contribution in [3.63, 3.8) is 0 Å². The fraction of sp³-hybridized carbons (Fsp3) is 0.100. The fourth-order valence-corrected chi connectivity index (χ4v) is 2.91. The molecule has 0 N–H and O–H groups in total. The van der Waals surface area contributed by atoms with Crippen LogP contribution in [0.1, 0.15) is 5.56 Å². The minimum absolute atomic E-state index is 0.905. The van der Waals surface area contributed by atoms with E-state index in [4.69, 9.17) is 4.98 Å². The largest absolute Gasteiger partial charge is 0.324 e. The van der Waals surface area contributed by atoms with Gasteiger partial charge in [-0.05, 0) is 36.2 Å². The number of fused-ring (bicyclic) bond motifs is 1. The summed E-state index contributed by atoms with van der Waals surface area (Å²) < 4.78 is 2.30. The molecule has 4 rings (SSSR count). The van der Waals surface area contributed by atoms with Crippen LogP contribution in [0.15, 0.2) is 79.1 Å². The zero-order chi connectivity index (χ0) is 15.5. The van der Waals surface area contributed by atoms with Gasteiger partial charge in [0.05, 0.1) is 11.0 Å². The first-order chi connectivity index (χ1) is 11.4. The number of aryl methyl sites for hydroxylation is 2. The normalized spacial score (nSPS) is 11.0. The van der Waals surface area contributed by atoms with Crippen LogP contribution in [0, 0.1) is 0 Å². The van der Waals surface area contributed by atoms with Crippen molar-refractivity contribution < 1.29 is 0 Å². The van der Waals surface area contributed by atoms with Gasteiger partial charge in [0, 0.05) is 24.5 Å². The van der Waals surface area contributed by atoms with Crippen LogP contribution in [-0.2, 0) is 13.0 Å². The maximum atomic E-state index is 4.83. The van der Waals surface area contributed by atoms with Crippen molar-refractivity contribution in [2.45, 2.75) is 13.0 Å². The van der Waals surface area contributed by atoms with E-state index in [0.29, 0.717) is 0 Å². The Morgan fingerprint density at radius 2 is 1.52 bits per heavy atom. The van der Waals surface area contributed by atoms with E-state index in [1.54, 1.807) is 0 Å². The summed E-state index contributed by atoms with van der Waals surface area (Å²) in [5, 5.41) is 0. The lowest BCUT2D eigenvalue weighted by molar-refractivity contribution is 0.723. The number of hydrogen-bond acceptors (Lipinski definition) is 2. The zero-order valence-electron chi connectivity index (χ0n) is 12.8. The second-order valence-electron chi connectivity index (χ2n) is 5.55. The van der Waals surface area contributed by atoms with Gasteiger partial charge in [-0.1, -0.05) is 42.5 Å². The minimum Gasteiger partial charge on any atom is -0.324 e. The van der Waals surface area contributed by atoms with Gasteiger partial charge in [0.25, 0.3) is 0 Å². The maximum Gasteiger partial charge on any atom is 0.141 e. The molecule has 3 heteroatoms. The summed E-state index contributed by atoms with van der Waals surface area (Å²) >= 11 is 0. The highest BCUT2D eigenvalue weighted by atomic mass is 15.1. The second-order valence-corrected chi connectivity index (χ2v) is 5.55. The Labute approximate surface area is 135 Å². The Morgan fingerprint density at radius 3 is 2.35 bits per heavy atom. The highest BCUT2D eigenvalue weighted by molar-refractivity contribution is 5.80. The van der Waals surface area contributed by atoms with Gasteiger partial charge in [0.2, 0.25) is 0 Å². The molecular weight excluding hydrogens is 282 g/mol. The number of hydrogen-bond donors (Lipinski definition) is 0. The van der Waals surface area contributed by atoms with Gasteiger partial charge >= 0.3 is 0 Å². The summed E-state index contributed by atoms with van der Waals surface area (Å²) in [4.78, 5) is 8.94. The second kappa shape index (κ2) is 6.05. The smallest absolute Gasteiger partial charge is 0.141 e. The lowest BCUT2D eigenvalue weighted by Crippen LogP contribution is -2.03. The number of benzene rings is 2. The van der Waals surface area contributed by atoms with Gasteiger partial charge in [0.15, 0.2) is 0 Å². The molecular formula is C20H17N3. The summed E-state index contributed by atoms with van der Waals surface area (Å²) in [7, 11) is 0. The van der Waals surface area contributed by atoms with Crippen molar-refractivity contribution in [2.24, 2.45) is 0 Å². The Morgan fingerprint density at radius 1 is 0.783 bits per heavy atom. The monoisotopic (exact) mass is 299 g/mol. The van der Waals surface area contributed by atoms with E-state index >= 15 is 0 Å². The molecule has 0 aliphatic heterocycles. The van der Waals surface area contributed by atoms with Crippen LogP contribution >= 0.6 is 0 Å². The van der Waals surface area contributed by atoms with Crippen LogP contribution in [0.25, 0.3) is 22.4 Å². The first kappa shape index (κ1) is 13.7. The van der Waals surface area contributed by atoms with Crippen molar-refractivity contribution in [3.05, 3.63) is 84.7 Å². The van der Waals surface area contributed by atoms with E-state index in [1.807, 2.05) is 30.6 Å². The van der Waals surface area contributed by atoms with Gasteiger partial charge < -0.3 is 4.57 Å². The molecule has 0 bridgehead atoms. The highest BCUT2D eigenvalue weighted by Crippen LogP contribution is 2.24. The fourth-order valence-electron chi connectivity index (χ4n) is 2.91. The third-order valence-electron chi connectivity index (χ3n) is 4.06. The maximum absolute atomic E-state index is 4.83. The van der Waals surface area contributed by atoms with E-state index in [2.05, 4.69) is 58.1 Å². The SMILES string of the molecule is c1ccc(CCn2c(-c3ccncc3)nc3ccccc32)cc1. The molecule has 0 amide bonds. The molecule has 0 saturated carbocycles. The van der Waals surface area contributed by atoms with Crippen molar-refractivity contribution in [3.8, 4) is 11.4 Å². The molecule has 112 valence electrons. The van der Waals surface area contributed by atoms with Gasteiger partial charge in [0.1, 0.15) is 5.82 Å². The summed E-state index contributed by atoms with van der Waals surface area (Å²) in [6.07, 6.45) is 4.62. The van der Waals surface area contributed by atoms with Crippen LogP contribution < -0.4 is 0 Å². The van der Waals surface area contributed by atoms with Gasteiger partial charge in [-0.25, -0.2) is 4.98 Å². The molecule has 3 nitrogen and oxygen atoms in total. The van der Waals surface area contributed by atoms with E-state index in [-0.39, 0.29) is 0 Å². The van der Waals surface area contributed by atoms with Gasteiger partial charge in [-0.15, -0.1) is 0 Å². The minimum atomic E-state index is 0.905. The van der Waals surface area contributed by atoms with Gasteiger partial charge in [-0.3, -0.25) is 4.98 Å². The van der Waals surface area contributed by atoms with E-state index < -0.39 is 0 Å². The Kier molecular flexibility index (Phi) is 3.60. The Hall–Kier alpha value is -2.94. The molecule has 23 heavy (non-hydrogen) atoms. The predicted octanol–water partition coefficient (Wildman–Crippen LogP) is 4.34. The highest BCUT2D eigenvalue weighted by Gasteiger charge is 2.12. The first-order valence-electron chi connectivity index (χ1n) is 7.81. The lowest BCUT2D eigenvalue weighted by Gasteiger charge is -2.09. The van der Waals surface area contributed by atoms with Crippen molar-refractivity contribution in [1.29, 1.82) is 0 Å². The Bertz CT molecular complexity index is 911. The molecule has 0 unspecified atom stereocenters. The van der Waals surface area contributed by atoms with Gasteiger partial charge in [-0.2, -0.15) is 0 Å². The molecule has 0 atom stereocenters. The molecule has 0 spiro atoms. The number of nitrogens with zero attached hydrogens (tertiary/aromatic N) is 3. The average Bonchev–Trinajstić information content (AvgIpc) is 3.00. The molecule has 4 aromatic rings. The molecule has 0 radical (unpaired) electrons. The van der Waals surface area contributed by atoms with Crippen LogP contribution in [0.4, 0.5) is 0 Å². The number of imidazole rings is 1. The number of para-hydroxylation sites is 2. The number of pyridine rings is 1. The molecule has 2 aromatic heterocycles. The molecule has 2 heterocycles. The first-order valence-corrected chi connectivity index (χ1v) is 7.81. The van der Waals surface area contributed by atoms with Crippen LogP contribution in [0.2, 0.25) is 0 Å². The van der Waals surface area contributed by atoms with Crippen LogP contribution in [-0.4, -0.2) is 14.5 Å². The van der Waals surface area contributed by atoms with E-state index in [9.17, 15) is 0 Å². The van der Waals surface area contributed by atoms with Crippen molar-refractivity contribution in [2.75, 3.05) is 0 Å². The molecule has 0 aliphatic rings. The lowest BCUT2D eigenvalue weighted by atomic mass is 10.1. The molecule has 0 aliphatic carbocycles. The summed E-state index contributed by atoms with van der Waals surface area (Å²) in [6, 6.07) is 22.9. The molecule has 2 aromatic carbocycles. The number of aromatic nitrogens is 3. The summed E-state index contributed by atoms with van der Waals surface area (Å²) in [5.74, 6) is 1.00. The predicted molar refractivity (Wildman–Crippen MR) is 93.1 cm³/mol. The van der Waals surface area contributed by atoms with E-state index in [1.165, 1.54) is 11.1 Å². The van der Waals surface area contributed by atoms with Crippen LogP contribution in [0.3, 0.4) is 0 Å². The van der Waals surface area contributed by atoms with Crippen LogP contribution in [0.5, 0.6) is 0 Å². The third kappa shape index (κ3) is 2.73. The van der Waals surface area contributed by atoms with E-state index in [0.717, 1.165) is 29.9 Å². The third-order valence-corrected chi connectivity index (χ3v) is 4.06. The quantitative estimate of drug-likeness (QED) is 0.561.